The molecule has 0 saturated carbocycles. The average molecular weight is 376 g/mol. The lowest BCUT2D eigenvalue weighted by Gasteiger charge is -2.36. The lowest BCUT2D eigenvalue weighted by atomic mass is 10.2. The Morgan fingerprint density at radius 2 is 1.46 bits per heavy atom. The van der Waals surface area contributed by atoms with Crippen LogP contribution < -0.4 is 14.7 Å². The standard InChI is InChI=1S/C23H29N5/c1-4-26(5-2)22-20-8-6-7-9-21(20)24-23(25-22)28-16-14-27(15-17-28)19-12-10-18(3)11-13-19/h6-13H,4-5,14-17H2,1-3H3. The third-order valence-electron chi connectivity index (χ3n) is 5.60. The maximum Gasteiger partial charge on any atom is 0.228 e. The Balaban J connectivity index is 1.59. The summed E-state index contributed by atoms with van der Waals surface area (Å²) in [4.78, 5) is 17.0. The topological polar surface area (TPSA) is 35.5 Å². The van der Waals surface area contributed by atoms with Crippen molar-refractivity contribution in [3.8, 4) is 0 Å². The molecule has 0 unspecified atom stereocenters. The first kappa shape index (κ1) is 18.5. The van der Waals surface area contributed by atoms with Gasteiger partial charge in [-0.25, -0.2) is 4.98 Å². The Morgan fingerprint density at radius 3 is 2.14 bits per heavy atom. The molecule has 28 heavy (non-hydrogen) atoms. The van der Waals surface area contributed by atoms with Crippen LogP contribution in [0.1, 0.15) is 19.4 Å². The Hall–Kier alpha value is -2.82. The van der Waals surface area contributed by atoms with Crippen molar-refractivity contribution in [2.24, 2.45) is 0 Å². The summed E-state index contributed by atoms with van der Waals surface area (Å²) in [6, 6.07) is 17.2. The largest absolute Gasteiger partial charge is 0.368 e. The van der Waals surface area contributed by atoms with E-state index in [0.717, 1.165) is 61.9 Å². The van der Waals surface area contributed by atoms with Crippen LogP contribution in [0.3, 0.4) is 0 Å². The maximum absolute atomic E-state index is 5.00. The van der Waals surface area contributed by atoms with E-state index >= 15 is 0 Å². The average Bonchev–Trinajstić information content (AvgIpc) is 2.75. The number of aryl methyl sites for hydroxylation is 1. The SMILES string of the molecule is CCN(CC)c1nc(N2CCN(c3ccc(C)cc3)CC2)nc2ccccc12. The minimum atomic E-state index is 0.851. The molecule has 0 aliphatic carbocycles. The summed E-state index contributed by atoms with van der Waals surface area (Å²) in [5.74, 6) is 1.90. The summed E-state index contributed by atoms with van der Waals surface area (Å²) in [5, 5.41) is 1.13. The van der Waals surface area contributed by atoms with Crippen molar-refractivity contribution in [2.75, 3.05) is 54.0 Å². The molecule has 1 aromatic heterocycles. The van der Waals surface area contributed by atoms with Crippen molar-refractivity contribution in [1.82, 2.24) is 9.97 Å². The molecule has 3 aromatic rings. The smallest absolute Gasteiger partial charge is 0.228 e. The molecule has 0 radical (unpaired) electrons. The van der Waals surface area contributed by atoms with Gasteiger partial charge in [-0.3, -0.25) is 0 Å². The van der Waals surface area contributed by atoms with Crippen LogP contribution in [-0.4, -0.2) is 49.2 Å². The van der Waals surface area contributed by atoms with E-state index in [9.17, 15) is 0 Å². The van der Waals surface area contributed by atoms with E-state index in [1.165, 1.54) is 11.3 Å². The lowest BCUT2D eigenvalue weighted by molar-refractivity contribution is 0.640. The minimum Gasteiger partial charge on any atom is -0.368 e. The summed E-state index contributed by atoms with van der Waals surface area (Å²) < 4.78 is 0. The van der Waals surface area contributed by atoms with Gasteiger partial charge in [0, 0.05) is 50.3 Å². The van der Waals surface area contributed by atoms with Crippen molar-refractivity contribution in [1.29, 1.82) is 0 Å². The molecule has 2 heterocycles. The number of hydrogen-bond donors (Lipinski definition) is 0. The first-order chi connectivity index (χ1) is 13.7. The molecule has 1 fully saturated rings. The third-order valence-corrected chi connectivity index (χ3v) is 5.60. The van der Waals surface area contributed by atoms with Gasteiger partial charge >= 0.3 is 0 Å². The van der Waals surface area contributed by atoms with Crippen molar-refractivity contribution >= 4 is 28.4 Å². The van der Waals surface area contributed by atoms with Crippen LogP contribution in [0.25, 0.3) is 10.9 Å². The van der Waals surface area contributed by atoms with E-state index in [-0.39, 0.29) is 0 Å². The highest BCUT2D eigenvalue weighted by atomic mass is 15.3. The van der Waals surface area contributed by atoms with Gasteiger partial charge in [0.1, 0.15) is 5.82 Å². The van der Waals surface area contributed by atoms with Crippen LogP contribution in [0.2, 0.25) is 0 Å². The number of para-hydroxylation sites is 1. The number of fused-ring (bicyclic) bond motifs is 1. The zero-order valence-corrected chi connectivity index (χ0v) is 17.1. The summed E-state index contributed by atoms with van der Waals surface area (Å²) in [5.41, 5.74) is 3.62. The number of nitrogens with zero attached hydrogens (tertiary/aromatic N) is 5. The molecular formula is C23H29N5. The molecule has 0 bridgehead atoms. The Morgan fingerprint density at radius 1 is 0.821 bits per heavy atom. The molecule has 5 nitrogen and oxygen atoms in total. The van der Waals surface area contributed by atoms with Crippen molar-refractivity contribution in [3.05, 3.63) is 54.1 Å². The van der Waals surface area contributed by atoms with Crippen molar-refractivity contribution in [2.45, 2.75) is 20.8 Å². The van der Waals surface area contributed by atoms with Crippen molar-refractivity contribution < 1.29 is 0 Å². The van der Waals surface area contributed by atoms with E-state index in [1.807, 2.05) is 0 Å². The number of benzene rings is 2. The van der Waals surface area contributed by atoms with Gasteiger partial charge in [-0.05, 0) is 45.0 Å². The highest BCUT2D eigenvalue weighted by molar-refractivity contribution is 5.90. The maximum atomic E-state index is 5.00. The molecule has 0 N–H and O–H groups in total. The summed E-state index contributed by atoms with van der Waals surface area (Å²) >= 11 is 0. The molecule has 1 aliphatic rings. The molecule has 0 atom stereocenters. The summed E-state index contributed by atoms with van der Waals surface area (Å²) in [6.07, 6.45) is 0. The van der Waals surface area contributed by atoms with Gasteiger partial charge in [-0.15, -0.1) is 0 Å². The highest BCUT2D eigenvalue weighted by Gasteiger charge is 2.21. The van der Waals surface area contributed by atoms with Crippen LogP contribution >= 0.6 is 0 Å². The van der Waals surface area contributed by atoms with Gasteiger partial charge in [-0.2, -0.15) is 4.98 Å². The number of hydrogen-bond acceptors (Lipinski definition) is 5. The van der Waals surface area contributed by atoms with Crippen LogP contribution in [0.15, 0.2) is 48.5 Å². The predicted molar refractivity (Wildman–Crippen MR) is 119 cm³/mol. The predicted octanol–water partition coefficient (Wildman–Crippen LogP) is 4.11. The minimum absolute atomic E-state index is 0.851. The number of aromatic nitrogens is 2. The Labute approximate surface area is 167 Å². The zero-order chi connectivity index (χ0) is 19.5. The van der Waals surface area contributed by atoms with E-state index in [4.69, 9.17) is 9.97 Å². The van der Waals surface area contributed by atoms with Gasteiger partial charge in [-0.1, -0.05) is 29.8 Å². The molecule has 0 spiro atoms. The van der Waals surface area contributed by atoms with Crippen LogP contribution in [0, 0.1) is 6.92 Å². The fourth-order valence-corrected chi connectivity index (χ4v) is 3.87. The second kappa shape index (κ2) is 8.05. The summed E-state index contributed by atoms with van der Waals surface area (Å²) in [6.45, 7) is 12.2. The lowest BCUT2D eigenvalue weighted by Crippen LogP contribution is -2.47. The van der Waals surface area contributed by atoms with E-state index < -0.39 is 0 Å². The van der Waals surface area contributed by atoms with Gasteiger partial charge < -0.3 is 14.7 Å². The molecule has 146 valence electrons. The highest BCUT2D eigenvalue weighted by Crippen LogP contribution is 2.27. The van der Waals surface area contributed by atoms with E-state index in [0.29, 0.717) is 0 Å². The normalized spacial score (nSPS) is 14.5. The monoisotopic (exact) mass is 375 g/mol. The van der Waals surface area contributed by atoms with Gasteiger partial charge in [0.05, 0.1) is 5.52 Å². The fourth-order valence-electron chi connectivity index (χ4n) is 3.87. The number of rotatable bonds is 5. The molecule has 0 amide bonds. The Kier molecular flexibility index (Phi) is 5.33. The molecule has 5 heteroatoms. The van der Waals surface area contributed by atoms with Crippen LogP contribution in [0.4, 0.5) is 17.5 Å². The number of piperazine rings is 1. The van der Waals surface area contributed by atoms with Gasteiger partial charge in [0.15, 0.2) is 0 Å². The van der Waals surface area contributed by atoms with Crippen LogP contribution in [-0.2, 0) is 0 Å². The first-order valence-corrected chi connectivity index (χ1v) is 10.3. The quantitative estimate of drug-likeness (QED) is 0.671. The zero-order valence-electron chi connectivity index (χ0n) is 17.1. The Bertz CT molecular complexity index is 925. The first-order valence-electron chi connectivity index (χ1n) is 10.3. The second-order valence-electron chi connectivity index (χ2n) is 7.35. The summed E-state index contributed by atoms with van der Waals surface area (Å²) in [7, 11) is 0. The van der Waals surface area contributed by atoms with E-state index in [1.54, 1.807) is 0 Å². The van der Waals surface area contributed by atoms with Crippen molar-refractivity contribution in [3.63, 3.8) is 0 Å². The molecule has 4 rings (SSSR count). The third kappa shape index (κ3) is 3.61. The fraction of sp³-hybridized carbons (Fsp3) is 0.391. The second-order valence-corrected chi connectivity index (χ2v) is 7.35. The van der Waals surface area contributed by atoms with Gasteiger partial charge in [0.25, 0.3) is 0 Å². The molecule has 1 aliphatic heterocycles. The van der Waals surface area contributed by atoms with Crippen LogP contribution in [0.5, 0.6) is 0 Å². The van der Waals surface area contributed by atoms with E-state index in [2.05, 4.69) is 84.0 Å². The molecule has 2 aromatic carbocycles. The molecule has 1 saturated heterocycles. The van der Waals surface area contributed by atoms with Gasteiger partial charge in [0.2, 0.25) is 5.95 Å². The molecular weight excluding hydrogens is 346 g/mol. The number of anilines is 3.